The molecule has 0 aromatic carbocycles. The summed E-state index contributed by atoms with van der Waals surface area (Å²) in [6, 6.07) is 3.92. The first-order chi connectivity index (χ1) is 9.46. The monoisotopic (exact) mass is 339 g/mol. The first-order valence-electron chi connectivity index (χ1n) is 6.93. The molecule has 0 unspecified atom stereocenters. The lowest BCUT2D eigenvalue weighted by Crippen LogP contribution is -2.39. The SMILES string of the molecule is CCCN(CC(C)(C)CN)c1nc2c(Br)cccn2n1. The molecule has 20 heavy (non-hydrogen) atoms. The Kier molecular flexibility index (Phi) is 4.65. The van der Waals surface area contributed by atoms with E-state index in [2.05, 4.69) is 51.7 Å². The van der Waals surface area contributed by atoms with Gasteiger partial charge in [-0.05, 0) is 46.4 Å². The molecule has 2 heterocycles. The lowest BCUT2D eigenvalue weighted by atomic mass is 9.93. The standard InChI is InChI=1S/C14H22BrN5/c1-4-7-19(10-14(2,3)9-16)13-17-12-11(15)6-5-8-20(12)18-13/h5-6,8H,4,7,9-10,16H2,1-3H3. The van der Waals surface area contributed by atoms with Gasteiger partial charge in [0, 0.05) is 19.3 Å². The molecule has 2 rings (SSSR count). The van der Waals surface area contributed by atoms with Gasteiger partial charge in [0.1, 0.15) is 0 Å². The number of nitrogens with zero attached hydrogens (tertiary/aromatic N) is 4. The van der Waals surface area contributed by atoms with Crippen LogP contribution in [0.2, 0.25) is 0 Å². The van der Waals surface area contributed by atoms with Crippen molar-refractivity contribution < 1.29 is 0 Å². The Morgan fingerprint density at radius 1 is 1.45 bits per heavy atom. The Hall–Kier alpha value is -1.14. The zero-order valence-electron chi connectivity index (χ0n) is 12.3. The maximum Gasteiger partial charge on any atom is 0.245 e. The maximum absolute atomic E-state index is 5.85. The minimum Gasteiger partial charge on any atom is -0.339 e. The molecule has 0 aliphatic carbocycles. The highest BCUT2D eigenvalue weighted by Gasteiger charge is 2.22. The van der Waals surface area contributed by atoms with Crippen molar-refractivity contribution in [2.24, 2.45) is 11.1 Å². The molecule has 2 N–H and O–H groups in total. The molecule has 110 valence electrons. The molecule has 0 amide bonds. The molecule has 2 aromatic heterocycles. The van der Waals surface area contributed by atoms with Crippen molar-refractivity contribution >= 4 is 27.5 Å². The van der Waals surface area contributed by atoms with E-state index in [1.807, 2.05) is 18.3 Å². The van der Waals surface area contributed by atoms with Gasteiger partial charge in [-0.25, -0.2) is 4.52 Å². The second-order valence-electron chi connectivity index (χ2n) is 5.83. The third-order valence-electron chi connectivity index (χ3n) is 3.25. The number of anilines is 1. The summed E-state index contributed by atoms with van der Waals surface area (Å²) in [5.74, 6) is 0.764. The van der Waals surface area contributed by atoms with Crippen molar-refractivity contribution in [2.75, 3.05) is 24.5 Å². The molecule has 0 bridgehead atoms. The van der Waals surface area contributed by atoms with Crippen LogP contribution in [0.1, 0.15) is 27.2 Å². The highest BCUT2D eigenvalue weighted by Crippen LogP contribution is 2.22. The Morgan fingerprint density at radius 3 is 2.80 bits per heavy atom. The lowest BCUT2D eigenvalue weighted by molar-refractivity contribution is 0.375. The number of fused-ring (bicyclic) bond motifs is 1. The summed E-state index contributed by atoms with van der Waals surface area (Å²) in [6.07, 6.45) is 2.96. The molecule has 0 saturated heterocycles. The molecular weight excluding hydrogens is 318 g/mol. The number of aromatic nitrogens is 3. The minimum absolute atomic E-state index is 0.0455. The van der Waals surface area contributed by atoms with Crippen LogP contribution >= 0.6 is 15.9 Å². The molecule has 0 aliphatic heterocycles. The van der Waals surface area contributed by atoms with Gasteiger partial charge in [-0.2, -0.15) is 4.98 Å². The number of nitrogens with two attached hydrogens (primary N) is 1. The number of pyridine rings is 1. The third-order valence-corrected chi connectivity index (χ3v) is 3.87. The lowest BCUT2D eigenvalue weighted by Gasteiger charge is -2.30. The molecule has 0 atom stereocenters. The minimum atomic E-state index is 0.0455. The smallest absolute Gasteiger partial charge is 0.245 e. The fourth-order valence-electron chi connectivity index (χ4n) is 2.10. The normalized spacial score (nSPS) is 12.1. The van der Waals surface area contributed by atoms with E-state index < -0.39 is 0 Å². The molecule has 0 aliphatic rings. The summed E-state index contributed by atoms with van der Waals surface area (Å²) < 4.78 is 2.76. The van der Waals surface area contributed by atoms with E-state index in [-0.39, 0.29) is 5.41 Å². The van der Waals surface area contributed by atoms with Crippen molar-refractivity contribution in [1.82, 2.24) is 14.6 Å². The number of hydrogen-bond acceptors (Lipinski definition) is 4. The number of halogens is 1. The molecule has 0 fully saturated rings. The van der Waals surface area contributed by atoms with Crippen LogP contribution in [0.15, 0.2) is 22.8 Å². The van der Waals surface area contributed by atoms with Gasteiger partial charge in [0.2, 0.25) is 5.95 Å². The summed E-state index contributed by atoms with van der Waals surface area (Å²) in [4.78, 5) is 6.85. The van der Waals surface area contributed by atoms with Crippen LogP contribution in [0, 0.1) is 5.41 Å². The van der Waals surface area contributed by atoms with Crippen LogP contribution in [-0.4, -0.2) is 34.2 Å². The van der Waals surface area contributed by atoms with Crippen molar-refractivity contribution in [3.8, 4) is 0 Å². The van der Waals surface area contributed by atoms with Crippen LogP contribution in [0.4, 0.5) is 5.95 Å². The highest BCUT2D eigenvalue weighted by atomic mass is 79.9. The second kappa shape index (κ2) is 6.10. The van der Waals surface area contributed by atoms with Gasteiger partial charge in [0.15, 0.2) is 5.65 Å². The van der Waals surface area contributed by atoms with E-state index in [0.29, 0.717) is 6.54 Å². The maximum atomic E-state index is 5.85. The molecular formula is C14H22BrN5. The van der Waals surface area contributed by atoms with Crippen LogP contribution in [0.5, 0.6) is 0 Å². The Balaban J connectivity index is 2.34. The number of hydrogen-bond donors (Lipinski definition) is 1. The fourth-order valence-corrected chi connectivity index (χ4v) is 2.52. The van der Waals surface area contributed by atoms with Gasteiger partial charge in [0.05, 0.1) is 4.47 Å². The molecule has 2 aromatic rings. The summed E-state index contributed by atoms with van der Waals surface area (Å²) >= 11 is 3.51. The molecule has 0 radical (unpaired) electrons. The average molecular weight is 340 g/mol. The van der Waals surface area contributed by atoms with Gasteiger partial charge in [0.25, 0.3) is 0 Å². The predicted molar refractivity (Wildman–Crippen MR) is 86.0 cm³/mol. The van der Waals surface area contributed by atoms with E-state index in [9.17, 15) is 0 Å². The van der Waals surface area contributed by atoms with Crippen LogP contribution in [0.25, 0.3) is 5.65 Å². The number of rotatable bonds is 6. The quantitative estimate of drug-likeness (QED) is 0.878. The zero-order valence-corrected chi connectivity index (χ0v) is 13.9. The van der Waals surface area contributed by atoms with Gasteiger partial charge < -0.3 is 10.6 Å². The van der Waals surface area contributed by atoms with Crippen molar-refractivity contribution in [1.29, 1.82) is 0 Å². The predicted octanol–water partition coefficient (Wildman–Crippen LogP) is 2.69. The summed E-state index contributed by atoms with van der Waals surface area (Å²) in [5, 5.41) is 4.57. The van der Waals surface area contributed by atoms with Gasteiger partial charge in [-0.1, -0.05) is 20.8 Å². The first kappa shape index (κ1) is 15.3. The molecule has 0 saturated carbocycles. The molecule has 5 nitrogen and oxygen atoms in total. The van der Waals surface area contributed by atoms with Crippen molar-refractivity contribution in [3.63, 3.8) is 0 Å². The van der Waals surface area contributed by atoms with E-state index in [1.54, 1.807) is 4.52 Å². The Morgan fingerprint density at radius 2 is 2.20 bits per heavy atom. The van der Waals surface area contributed by atoms with Crippen LogP contribution in [-0.2, 0) is 0 Å². The van der Waals surface area contributed by atoms with E-state index in [1.165, 1.54) is 0 Å². The second-order valence-corrected chi connectivity index (χ2v) is 6.68. The summed E-state index contributed by atoms with van der Waals surface area (Å²) in [5.41, 5.74) is 6.74. The van der Waals surface area contributed by atoms with Gasteiger partial charge >= 0.3 is 0 Å². The zero-order chi connectivity index (χ0) is 14.8. The molecule has 6 heteroatoms. The molecule has 0 spiro atoms. The van der Waals surface area contributed by atoms with E-state index >= 15 is 0 Å². The van der Waals surface area contributed by atoms with Gasteiger partial charge in [-0.15, -0.1) is 5.10 Å². The Labute approximate surface area is 128 Å². The van der Waals surface area contributed by atoms with Crippen molar-refractivity contribution in [3.05, 3.63) is 22.8 Å². The Bertz CT molecular complexity index is 578. The summed E-state index contributed by atoms with van der Waals surface area (Å²) in [6.45, 7) is 8.92. The van der Waals surface area contributed by atoms with Crippen LogP contribution in [0.3, 0.4) is 0 Å². The average Bonchev–Trinajstić information content (AvgIpc) is 2.83. The highest BCUT2D eigenvalue weighted by molar-refractivity contribution is 9.10. The topological polar surface area (TPSA) is 59.5 Å². The van der Waals surface area contributed by atoms with E-state index in [4.69, 9.17) is 5.73 Å². The van der Waals surface area contributed by atoms with Crippen molar-refractivity contribution in [2.45, 2.75) is 27.2 Å². The van der Waals surface area contributed by atoms with Gasteiger partial charge in [-0.3, -0.25) is 0 Å². The van der Waals surface area contributed by atoms with E-state index in [0.717, 1.165) is 35.6 Å². The first-order valence-corrected chi connectivity index (χ1v) is 7.72. The largest absolute Gasteiger partial charge is 0.339 e. The third kappa shape index (κ3) is 3.30. The fraction of sp³-hybridized carbons (Fsp3) is 0.571. The summed E-state index contributed by atoms with van der Waals surface area (Å²) in [7, 11) is 0. The van der Waals surface area contributed by atoms with Crippen LogP contribution < -0.4 is 10.6 Å².